The monoisotopic (exact) mass is 210 g/mol. The summed E-state index contributed by atoms with van der Waals surface area (Å²) < 4.78 is 5.59. The molecule has 1 aromatic rings. The highest BCUT2D eigenvalue weighted by atomic mass is 16.5. The van der Waals surface area contributed by atoms with E-state index in [-0.39, 0.29) is 19.1 Å². The van der Waals surface area contributed by atoms with E-state index >= 15 is 0 Å². The molecule has 0 saturated carbocycles. The highest BCUT2D eigenvalue weighted by molar-refractivity contribution is 5.40. The molecule has 0 aliphatic carbocycles. The van der Waals surface area contributed by atoms with E-state index in [4.69, 9.17) is 14.9 Å². The van der Waals surface area contributed by atoms with Crippen LogP contribution in [0.2, 0.25) is 0 Å². The predicted octanol–water partition coefficient (Wildman–Crippen LogP) is 1.49. The number of hydrogen-bond acceptors (Lipinski definition) is 3. The topological polar surface area (TPSA) is 49.7 Å². The number of para-hydroxylation sites is 1. The zero-order valence-corrected chi connectivity index (χ0v) is 9.23. The lowest BCUT2D eigenvalue weighted by Gasteiger charge is -2.15. The minimum Gasteiger partial charge on any atom is -0.493 e. The zero-order chi connectivity index (χ0) is 11.3. The van der Waals surface area contributed by atoms with E-state index in [0.29, 0.717) is 6.61 Å². The molecule has 1 atom stereocenters. The van der Waals surface area contributed by atoms with Crippen LogP contribution in [0.1, 0.15) is 18.1 Å². The highest BCUT2D eigenvalue weighted by Crippen LogP contribution is 2.23. The van der Waals surface area contributed by atoms with Crippen LogP contribution in [0.5, 0.6) is 5.75 Å². The summed E-state index contributed by atoms with van der Waals surface area (Å²) in [5, 5.41) is 18.0. The van der Waals surface area contributed by atoms with Crippen molar-refractivity contribution in [1.29, 1.82) is 0 Å². The van der Waals surface area contributed by atoms with Crippen LogP contribution < -0.4 is 4.74 Å². The minimum absolute atomic E-state index is 0.0233. The van der Waals surface area contributed by atoms with Crippen LogP contribution in [0.25, 0.3) is 0 Å². The predicted molar refractivity (Wildman–Crippen MR) is 58.8 cm³/mol. The van der Waals surface area contributed by atoms with Crippen molar-refractivity contribution in [3.8, 4) is 5.75 Å². The van der Waals surface area contributed by atoms with Gasteiger partial charge >= 0.3 is 0 Å². The van der Waals surface area contributed by atoms with Gasteiger partial charge in [0.15, 0.2) is 0 Å². The second-order valence-corrected chi connectivity index (χ2v) is 3.82. The van der Waals surface area contributed by atoms with Gasteiger partial charge in [-0.15, -0.1) is 0 Å². The van der Waals surface area contributed by atoms with Crippen LogP contribution in [0.4, 0.5) is 0 Å². The fourth-order valence-electron chi connectivity index (χ4n) is 1.32. The Kier molecular flexibility index (Phi) is 4.59. The summed E-state index contributed by atoms with van der Waals surface area (Å²) in [6.45, 7) is 4.41. The maximum atomic E-state index is 9.14. The lowest BCUT2D eigenvalue weighted by Crippen LogP contribution is -2.13. The Labute approximate surface area is 90.3 Å². The lowest BCUT2D eigenvalue weighted by molar-refractivity contribution is 0.170. The van der Waals surface area contributed by atoms with Gasteiger partial charge in [-0.25, -0.2) is 0 Å². The van der Waals surface area contributed by atoms with E-state index in [2.05, 4.69) is 0 Å². The molecule has 0 amide bonds. The third kappa shape index (κ3) is 3.22. The molecule has 2 N–H and O–H groups in total. The van der Waals surface area contributed by atoms with Crippen LogP contribution in [-0.4, -0.2) is 23.4 Å². The molecule has 1 rings (SSSR count). The summed E-state index contributed by atoms with van der Waals surface area (Å²) in [5.74, 6) is 0.844. The average Bonchev–Trinajstić information content (AvgIpc) is 2.26. The van der Waals surface area contributed by atoms with Gasteiger partial charge in [0.25, 0.3) is 0 Å². The maximum Gasteiger partial charge on any atom is 0.127 e. The van der Waals surface area contributed by atoms with Crippen LogP contribution in [-0.2, 0) is 6.61 Å². The Morgan fingerprint density at radius 2 is 2.07 bits per heavy atom. The van der Waals surface area contributed by atoms with Crippen LogP contribution >= 0.6 is 0 Å². The van der Waals surface area contributed by atoms with Crippen molar-refractivity contribution in [3.63, 3.8) is 0 Å². The molecule has 0 bridgehead atoms. The van der Waals surface area contributed by atoms with E-state index in [1.165, 1.54) is 0 Å². The Hall–Kier alpha value is -1.06. The summed E-state index contributed by atoms with van der Waals surface area (Å²) in [4.78, 5) is 0. The van der Waals surface area contributed by atoms with Gasteiger partial charge in [0, 0.05) is 18.1 Å². The highest BCUT2D eigenvalue weighted by Gasteiger charge is 2.08. The molecule has 0 fully saturated rings. The molecular formula is C12H18O3. The Morgan fingerprint density at radius 3 is 2.67 bits per heavy atom. The van der Waals surface area contributed by atoms with Gasteiger partial charge in [0.2, 0.25) is 0 Å². The summed E-state index contributed by atoms with van der Waals surface area (Å²) in [7, 11) is 0. The van der Waals surface area contributed by atoms with Crippen LogP contribution in [0.3, 0.4) is 0 Å². The molecular weight excluding hydrogens is 192 g/mol. The van der Waals surface area contributed by atoms with E-state index in [1.54, 1.807) is 0 Å². The molecule has 84 valence electrons. The quantitative estimate of drug-likeness (QED) is 0.774. The second-order valence-electron chi connectivity index (χ2n) is 3.82. The molecule has 15 heavy (non-hydrogen) atoms. The lowest BCUT2D eigenvalue weighted by atomic mass is 10.1. The number of hydrogen-bond donors (Lipinski definition) is 2. The molecule has 0 aliphatic heterocycles. The van der Waals surface area contributed by atoms with Crippen molar-refractivity contribution >= 4 is 0 Å². The maximum absolute atomic E-state index is 9.14. The SMILES string of the molecule is Cc1cccc(CO)c1OCC(C)CO. The Morgan fingerprint density at radius 1 is 1.33 bits per heavy atom. The van der Waals surface area contributed by atoms with Gasteiger partial charge in [-0.2, -0.15) is 0 Å². The van der Waals surface area contributed by atoms with Crippen molar-refractivity contribution < 1.29 is 14.9 Å². The van der Waals surface area contributed by atoms with Crippen molar-refractivity contribution in [2.75, 3.05) is 13.2 Å². The van der Waals surface area contributed by atoms with Crippen molar-refractivity contribution in [1.82, 2.24) is 0 Å². The molecule has 3 heteroatoms. The number of benzene rings is 1. The summed E-state index contributed by atoms with van der Waals surface area (Å²) >= 11 is 0. The molecule has 1 aromatic carbocycles. The van der Waals surface area contributed by atoms with E-state index in [0.717, 1.165) is 16.9 Å². The first-order valence-corrected chi connectivity index (χ1v) is 5.12. The minimum atomic E-state index is -0.0233. The first-order chi connectivity index (χ1) is 7.19. The summed E-state index contributed by atoms with van der Waals surface area (Å²) in [5.41, 5.74) is 1.80. The molecule has 0 aliphatic rings. The van der Waals surface area contributed by atoms with Crippen molar-refractivity contribution in [2.24, 2.45) is 5.92 Å². The molecule has 0 saturated heterocycles. The van der Waals surface area contributed by atoms with E-state index < -0.39 is 0 Å². The van der Waals surface area contributed by atoms with Gasteiger partial charge < -0.3 is 14.9 Å². The van der Waals surface area contributed by atoms with E-state index in [1.807, 2.05) is 32.0 Å². The molecule has 1 unspecified atom stereocenters. The molecule has 0 aromatic heterocycles. The van der Waals surface area contributed by atoms with Gasteiger partial charge in [0.05, 0.1) is 13.2 Å². The number of aryl methyl sites for hydroxylation is 1. The normalized spacial score (nSPS) is 12.5. The largest absolute Gasteiger partial charge is 0.493 e. The average molecular weight is 210 g/mol. The first-order valence-electron chi connectivity index (χ1n) is 5.12. The standard InChI is InChI=1S/C12H18O3/c1-9(6-13)8-15-12-10(2)4-3-5-11(12)7-14/h3-5,9,13-14H,6-8H2,1-2H3. The fraction of sp³-hybridized carbons (Fsp3) is 0.500. The van der Waals surface area contributed by atoms with Gasteiger partial charge in [-0.05, 0) is 12.5 Å². The third-order valence-electron chi connectivity index (χ3n) is 2.29. The Balaban J connectivity index is 2.74. The smallest absolute Gasteiger partial charge is 0.127 e. The van der Waals surface area contributed by atoms with Gasteiger partial charge in [-0.3, -0.25) is 0 Å². The number of aliphatic hydroxyl groups is 2. The van der Waals surface area contributed by atoms with Crippen LogP contribution in [0.15, 0.2) is 18.2 Å². The summed E-state index contributed by atoms with van der Waals surface area (Å²) in [6.07, 6.45) is 0. The number of ether oxygens (including phenoxy) is 1. The fourth-order valence-corrected chi connectivity index (χ4v) is 1.32. The third-order valence-corrected chi connectivity index (χ3v) is 2.29. The van der Waals surface area contributed by atoms with Gasteiger partial charge in [-0.1, -0.05) is 25.1 Å². The summed E-state index contributed by atoms with van der Waals surface area (Å²) in [6, 6.07) is 5.67. The number of rotatable bonds is 5. The molecule has 0 spiro atoms. The number of aliphatic hydroxyl groups excluding tert-OH is 2. The molecule has 3 nitrogen and oxygen atoms in total. The van der Waals surface area contributed by atoms with Crippen molar-refractivity contribution in [2.45, 2.75) is 20.5 Å². The second kappa shape index (κ2) is 5.73. The van der Waals surface area contributed by atoms with Crippen molar-refractivity contribution in [3.05, 3.63) is 29.3 Å². The van der Waals surface area contributed by atoms with Crippen LogP contribution in [0, 0.1) is 12.8 Å². The first kappa shape index (κ1) is 12.0. The molecule has 0 radical (unpaired) electrons. The van der Waals surface area contributed by atoms with E-state index in [9.17, 15) is 0 Å². The zero-order valence-electron chi connectivity index (χ0n) is 9.23. The molecule has 0 heterocycles. The van der Waals surface area contributed by atoms with Gasteiger partial charge in [0.1, 0.15) is 5.75 Å². The Bertz CT molecular complexity index is 310.